The van der Waals surface area contributed by atoms with Crippen molar-refractivity contribution in [2.75, 3.05) is 14.2 Å². The Hall–Kier alpha value is -1.14. The average molecular weight is 172 g/mol. The van der Waals surface area contributed by atoms with Crippen molar-refractivity contribution in [3.8, 4) is 11.5 Å². The summed E-state index contributed by atoms with van der Waals surface area (Å²) in [4.78, 5) is 0. The number of methoxy groups -OCH3 is 2. The van der Waals surface area contributed by atoms with E-state index in [1.54, 1.807) is 0 Å². The molecule has 1 rings (SSSR count). The Kier molecular flexibility index (Phi) is 2.62. The van der Waals surface area contributed by atoms with Crippen molar-refractivity contribution in [1.82, 2.24) is 0 Å². The Balaban J connectivity index is 3.05. The summed E-state index contributed by atoms with van der Waals surface area (Å²) in [5.41, 5.74) is -0.0608. The molecule has 0 atom stereocenters. The highest BCUT2D eigenvalue weighted by atomic mass is 16.5. The SMILES string of the molecule is COc1coc(B(O)O)c1OC. The minimum atomic E-state index is -1.69. The Bertz CT molecular complexity index is 256. The molecule has 12 heavy (non-hydrogen) atoms. The number of furan rings is 1. The first kappa shape index (κ1) is 8.96. The van der Waals surface area contributed by atoms with E-state index in [0.29, 0.717) is 5.75 Å². The number of hydrogen-bond acceptors (Lipinski definition) is 5. The maximum absolute atomic E-state index is 8.77. The fourth-order valence-electron chi connectivity index (χ4n) is 0.866. The van der Waals surface area contributed by atoms with Crippen LogP contribution in [0.3, 0.4) is 0 Å². The molecule has 0 amide bonds. The van der Waals surface area contributed by atoms with Gasteiger partial charge < -0.3 is 23.9 Å². The third kappa shape index (κ3) is 1.39. The molecule has 6 heteroatoms. The summed E-state index contributed by atoms with van der Waals surface area (Å²) in [6.45, 7) is 0. The van der Waals surface area contributed by atoms with Gasteiger partial charge in [0.05, 0.1) is 14.2 Å². The smallest absolute Gasteiger partial charge is 0.490 e. The Labute approximate surface area is 69.7 Å². The lowest BCUT2D eigenvalue weighted by Gasteiger charge is -2.01. The summed E-state index contributed by atoms with van der Waals surface area (Å²) in [5, 5.41) is 17.5. The minimum Gasteiger partial charge on any atom is -0.490 e. The van der Waals surface area contributed by atoms with Crippen LogP contribution < -0.4 is 15.1 Å². The summed E-state index contributed by atoms with van der Waals surface area (Å²) >= 11 is 0. The van der Waals surface area contributed by atoms with Crippen molar-refractivity contribution in [2.24, 2.45) is 0 Å². The van der Waals surface area contributed by atoms with Gasteiger partial charge >= 0.3 is 7.12 Å². The number of ether oxygens (including phenoxy) is 2. The molecule has 0 aliphatic heterocycles. The molecule has 1 aromatic heterocycles. The lowest BCUT2D eigenvalue weighted by molar-refractivity contribution is 0.357. The van der Waals surface area contributed by atoms with Gasteiger partial charge in [-0.25, -0.2) is 0 Å². The van der Waals surface area contributed by atoms with Gasteiger partial charge in [0.25, 0.3) is 0 Å². The van der Waals surface area contributed by atoms with Crippen molar-refractivity contribution >= 4 is 12.8 Å². The summed E-state index contributed by atoms with van der Waals surface area (Å²) < 4.78 is 14.4. The predicted octanol–water partition coefficient (Wildman–Crippen LogP) is -1.02. The van der Waals surface area contributed by atoms with Gasteiger partial charge in [0, 0.05) is 0 Å². The van der Waals surface area contributed by atoms with Crippen molar-refractivity contribution in [2.45, 2.75) is 0 Å². The second kappa shape index (κ2) is 3.51. The fourth-order valence-corrected chi connectivity index (χ4v) is 0.866. The highest BCUT2D eigenvalue weighted by Gasteiger charge is 2.25. The summed E-state index contributed by atoms with van der Waals surface area (Å²) in [6.07, 6.45) is 1.24. The van der Waals surface area contributed by atoms with Crippen molar-refractivity contribution in [3.63, 3.8) is 0 Å². The Morgan fingerprint density at radius 1 is 1.33 bits per heavy atom. The molecule has 0 saturated heterocycles. The molecule has 0 unspecified atom stereocenters. The summed E-state index contributed by atoms with van der Waals surface area (Å²) in [7, 11) is 1.13. The normalized spacial score (nSPS) is 9.67. The van der Waals surface area contributed by atoms with Crippen molar-refractivity contribution in [1.29, 1.82) is 0 Å². The van der Waals surface area contributed by atoms with Gasteiger partial charge in [0.2, 0.25) is 0 Å². The number of hydrogen-bond donors (Lipinski definition) is 2. The lowest BCUT2D eigenvalue weighted by atomic mass is 9.87. The quantitative estimate of drug-likeness (QED) is 0.570. The van der Waals surface area contributed by atoms with Gasteiger partial charge in [0.15, 0.2) is 17.2 Å². The predicted molar refractivity (Wildman–Crippen MR) is 41.6 cm³/mol. The zero-order valence-electron chi connectivity index (χ0n) is 6.77. The molecule has 0 aromatic carbocycles. The lowest BCUT2D eigenvalue weighted by Crippen LogP contribution is -2.29. The van der Waals surface area contributed by atoms with E-state index in [2.05, 4.69) is 0 Å². The molecular formula is C6H9BO5. The van der Waals surface area contributed by atoms with E-state index >= 15 is 0 Å². The second-order valence-electron chi connectivity index (χ2n) is 2.08. The van der Waals surface area contributed by atoms with E-state index in [0.717, 1.165) is 0 Å². The van der Waals surface area contributed by atoms with E-state index in [1.165, 1.54) is 20.5 Å². The zero-order chi connectivity index (χ0) is 9.14. The van der Waals surface area contributed by atoms with Crippen LogP contribution in [0.2, 0.25) is 0 Å². The van der Waals surface area contributed by atoms with Crippen LogP contribution in [-0.2, 0) is 0 Å². The monoisotopic (exact) mass is 172 g/mol. The van der Waals surface area contributed by atoms with Crippen LogP contribution in [0.5, 0.6) is 11.5 Å². The maximum Gasteiger partial charge on any atom is 0.530 e. The Morgan fingerprint density at radius 3 is 2.42 bits per heavy atom. The largest absolute Gasteiger partial charge is 0.530 e. The Morgan fingerprint density at radius 2 is 2.00 bits per heavy atom. The molecule has 0 fully saturated rings. The van der Waals surface area contributed by atoms with Gasteiger partial charge in [-0.1, -0.05) is 0 Å². The highest BCUT2D eigenvalue weighted by Crippen LogP contribution is 2.25. The van der Waals surface area contributed by atoms with Gasteiger partial charge in [-0.3, -0.25) is 0 Å². The molecule has 0 aliphatic carbocycles. The summed E-state index contributed by atoms with van der Waals surface area (Å²) in [6, 6.07) is 0. The average Bonchev–Trinajstić information content (AvgIpc) is 2.46. The second-order valence-corrected chi connectivity index (χ2v) is 2.08. The van der Waals surface area contributed by atoms with Gasteiger partial charge in [-0.15, -0.1) is 0 Å². The van der Waals surface area contributed by atoms with E-state index in [9.17, 15) is 0 Å². The van der Waals surface area contributed by atoms with Crippen LogP contribution in [0.1, 0.15) is 0 Å². The minimum absolute atomic E-state index is 0.0608. The van der Waals surface area contributed by atoms with E-state index < -0.39 is 7.12 Å². The molecule has 1 aromatic rings. The highest BCUT2D eigenvalue weighted by molar-refractivity contribution is 6.58. The molecule has 5 nitrogen and oxygen atoms in total. The molecule has 0 saturated carbocycles. The van der Waals surface area contributed by atoms with Crippen LogP contribution in [-0.4, -0.2) is 31.4 Å². The molecule has 0 bridgehead atoms. The first-order chi connectivity index (χ1) is 5.70. The van der Waals surface area contributed by atoms with Crippen LogP contribution in [0.25, 0.3) is 0 Å². The fraction of sp³-hybridized carbons (Fsp3) is 0.333. The van der Waals surface area contributed by atoms with Crippen LogP contribution in [0.4, 0.5) is 0 Å². The molecule has 0 radical (unpaired) electrons. The van der Waals surface area contributed by atoms with Gasteiger partial charge in [-0.2, -0.15) is 0 Å². The molecule has 2 N–H and O–H groups in total. The molecule has 1 heterocycles. The van der Waals surface area contributed by atoms with Crippen LogP contribution >= 0.6 is 0 Å². The third-order valence-electron chi connectivity index (χ3n) is 1.40. The van der Waals surface area contributed by atoms with E-state index in [4.69, 9.17) is 23.9 Å². The van der Waals surface area contributed by atoms with Crippen LogP contribution in [0.15, 0.2) is 10.7 Å². The van der Waals surface area contributed by atoms with Crippen LogP contribution in [0, 0.1) is 0 Å². The first-order valence-corrected chi connectivity index (χ1v) is 3.26. The zero-order valence-corrected chi connectivity index (χ0v) is 6.77. The van der Waals surface area contributed by atoms with Crippen molar-refractivity contribution < 1.29 is 23.9 Å². The van der Waals surface area contributed by atoms with E-state index in [-0.39, 0.29) is 11.4 Å². The standard InChI is InChI=1S/C6H9BO5/c1-10-4-3-12-6(7(8)9)5(4)11-2/h3,8-9H,1-2H3. The molecule has 66 valence electrons. The number of rotatable bonds is 3. The first-order valence-electron chi connectivity index (χ1n) is 3.26. The van der Waals surface area contributed by atoms with Crippen molar-refractivity contribution in [3.05, 3.63) is 6.26 Å². The maximum atomic E-state index is 8.77. The van der Waals surface area contributed by atoms with Gasteiger partial charge in [-0.05, 0) is 0 Å². The molecular weight excluding hydrogens is 163 g/mol. The van der Waals surface area contributed by atoms with E-state index in [1.807, 2.05) is 0 Å². The van der Waals surface area contributed by atoms with Gasteiger partial charge in [0.1, 0.15) is 6.26 Å². The molecule has 0 spiro atoms. The third-order valence-corrected chi connectivity index (χ3v) is 1.40. The topological polar surface area (TPSA) is 72.1 Å². The summed E-state index contributed by atoms with van der Waals surface area (Å²) in [5.74, 6) is 0.535. The molecule has 0 aliphatic rings.